The minimum atomic E-state index is -1.70. The molecule has 4 N–H and O–H groups in total. The van der Waals surface area contributed by atoms with Crippen LogP contribution in [0.4, 0.5) is 0 Å². The molecule has 0 radical (unpaired) electrons. The molecule has 10 heteroatoms. The smallest absolute Gasteiger partial charge is 0.338 e. The number of esters is 1. The molecule has 0 spiro atoms. The van der Waals surface area contributed by atoms with Crippen molar-refractivity contribution >= 4 is 23.9 Å². The molecule has 0 saturated carbocycles. The number of ether oxygens (including phenoxy) is 2. The minimum absolute atomic E-state index is 0.111. The van der Waals surface area contributed by atoms with Gasteiger partial charge in [-0.15, -0.1) is 0 Å². The van der Waals surface area contributed by atoms with E-state index in [4.69, 9.17) is 9.47 Å². The molecule has 0 bridgehead atoms. The number of carboxylic acid groups (broad SMARTS) is 3. The molecule has 0 amide bonds. The first-order chi connectivity index (χ1) is 21.2. The quantitative estimate of drug-likeness (QED) is 0.193. The maximum absolute atomic E-state index is 12.9. The Balaban J connectivity index is 1.74. The van der Waals surface area contributed by atoms with E-state index < -0.39 is 60.6 Å². The van der Waals surface area contributed by atoms with Crippen LogP contribution in [0.1, 0.15) is 75.9 Å². The second kappa shape index (κ2) is 12.9. The normalized spacial score (nSPS) is 21.2. The molecule has 5 atom stereocenters. The van der Waals surface area contributed by atoms with Gasteiger partial charge in [-0.05, 0) is 47.0 Å². The number of carbonyl (C=O) groups is 4. The van der Waals surface area contributed by atoms with E-state index in [0.717, 1.165) is 0 Å². The van der Waals surface area contributed by atoms with Crippen molar-refractivity contribution < 1.29 is 49.1 Å². The van der Waals surface area contributed by atoms with E-state index in [1.807, 2.05) is 0 Å². The topological polar surface area (TPSA) is 168 Å². The lowest BCUT2D eigenvalue weighted by Gasteiger charge is -2.47. The Morgan fingerprint density at radius 2 is 0.977 bits per heavy atom. The van der Waals surface area contributed by atoms with Crippen LogP contribution in [0.25, 0.3) is 0 Å². The van der Waals surface area contributed by atoms with Crippen molar-refractivity contribution in [3.63, 3.8) is 0 Å². The van der Waals surface area contributed by atoms with Crippen LogP contribution in [0.2, 0.25) is 0 Å². The summed E-state index contributed by atoms with van der Waals surface area (Å²) in [7, 11) is 0. The van der Waals surface area contributed by atoms with Crippen molar-refractivity contribution in [3.8, 4) is 0 Å². The van der Waals surface area contributed by atoms with Gasteiger partial charge in [-0.25, -0.2) is 19.2 Å². The maximum atomic E-state index is 12.9. The van der Waals surface area contributed by atoms with Crippen LogP contribution in [-0.4, -0.2) is 63.3 Å². The van der Waals surface area contributed by atoms with E-state index in [0.29, 0.717) is 0 Å². The van der Waals surface area contributed by atoms with Gasteiger partial charge in [0.1, 0.15) is 12.7 Å². The molecule has 0 aromatic heterocycles. The van der Waals surface area contributed by atoms with Crippen molar-refractivity contribution in [2.75, 3.05) is 6.61 Å². The number of carboxylic acids is 3. The second-order valence-electron chi connectivity index (χ2n) is 10.3. The molecule has 1 heterocycles. The summed E-state index contributed by atoms with van der Waals surface area (Å²) in [5.74, 6) is -7.75. The molecule has 44 heavy (non-hydrogen) atoms. The largest absolute Gasteiger partial charge is 0.478 e. The van der Waals surface area contributed by atoms with Gasteiger partial charge in [0.2, 0.25) is 0 Å². The number of rotatable bonds is 9. The Labute approximate surface area is 251 Å². The van der Waals surface area contributed by atoms with Crippen molar-refractivity contribution in [2.45, 2.75) is 30.1 Å². The molecule has 1 fully saturated rings. The molecule has 1 aliphatic heterocycles. The van der Waals surface area contributed by atoms with Gasteiger partial charge in [0.05, 0.1) is 22.3 Å². The number of benzene rings is 4. The summed E-state index contributed by atoms with van der Waals surface area (Å²) in [6, 6.07) is 26.3. The van der Waals surface area contributed by atoms with E-state index in [2.05, 4.69) is 0 Å². The average Bonchev–Trinajstić information content (AvgIpc) is 3.03. The van der Waals surface area contributed by atoms with Crippen molar-refractivity contribution in [1.82, 2.24) is 0 Å². The van der Waals surface area contributed by atoms with Gasteiger partial charge in [-0.1, -0.05) is 72.8 Å². The van der Waals surface area contributed by atoms with Gasteiger partial charge in [0, 0.05) is 17.8 Å². The predicted octanol–water partition coefficient (Wildman–Crippen LogP) is 5.01. The van der Waals surface area contributed by atoms with E-state index >= 15 is 0 Å². The van der Waals surface area contributed by atoms with Crippen LogP contribution in [0.5, 0.6) is 0 Å². The first-order valence-electron chi connectivity index (χ1n) is 13.7. The summed E-state index contributed by atoms with van der Waals surface area (Å²) >= 11 is 0. The van der Waals surface area contributed by atoms with Gasteiger partial charge in [-0.2, -0.15) is 0 Å². The zero-order valence-electron chi connectivity index (χ0n) is 23.1. The first kappa shape index (κ1) is 30.1. The second-order valence-corrected chi connectivity index (χ2v) is 10.3. The third kappa shape index (κ3) is 5.94. The molecular weight excluding hydrogens is 568 g/mol. The lowest BCUT2D eigenvalue weighted by Crippen LogP contribution is -2.47. The summed E-state index contributed by atoms with van der Waals surface area (Å²) < 4.78 is 11.7. The highest BCUT2D eigenvalue weighted by atomic mass is 16.6. The Bertz CT molecular complexity index is 1700. The van der Waals surface area contributed by atoms with Crippen LogP contribution < -0.4 is 0 Å². The summed E-state index contributed by atoms with van der Waals surface area (Å²) in [4.78, 5) is 50.2. The molecular formula is C34H28O10. The van der Waals surface area contributed by atoms with Gasteiger partial charge >= 0.3 is 23.9 Å². The lowest BCUT2D eigenvalue weighted by molar-refractivity contribution is -0.198. The SMILES string of the molecule is O=C(OC[C@@H]1O[C@H](O)[C@H](c2ccccc2C(=O)O)[C@@H](c2ccccc2C(=O)O)[C@@H]1c1ccccc1C(=O)O)c1ccccc1. The molecule has 1 aliphatic rings. The fraction of sp³-hybridized carbons (Fsp3) is 0.176. The maximum Gasteiger partial charge on any atom is 0.338 e. The Morgan fingerprint density at radius 1 is 0.568 bits per heavy atom. The minimum Gasteiger partial charge on any atom is -0.478 e. The average molecular weight is 597 g/mol. The Hall–Kier alpha value is -5.32. The molecule has 4 aromatic rings. The molecule has 224 valence electrons. The zero-order valence-corrected chi connectivity index (χ0v) is 23.1. The molecule has 10 nitrogen and oxygen atoms in total. The van der Waals surface area contributed by atoms with Crippen LogP contribution in [0, 0.1) is 0 Å². The van der Waals surface area contributed by atoms with Gasteiger partial charge < -0.3 is 29.9 Å². The number of carbonyl (C=O) groups excluding carboxylic acids is 1. The van der Waals surface area contributed by atoms with Crippen LogP contribution in [0.3, 0.4) is 0 Å². The number of aliphatic hydroxyl groups excluding tert-OH is 1. The highest BCUT2D eigenvalue weighted by molar-refractivity contribution is 5.92. The third-order valence-corrected chi connectivity index (χ3v) is 7.83. The van der Waals surface area contributed by atoms with E-state index in [1.54, 1.807) is 60.7 Å². The van der Waals surface area contributed by atoms with E-state index in [1.165, 1.54) is 42.5 Å². The standard InChI is InChI=1S/C34H28O10/c35-30(36)23-15-7-4-12-20(23)27-26(18-43-33(41)19-10-2-1-3-11-19)44-34(42)29(22-14-6-9-17-25(22)32(39)40)28(27)21-13-5-8-16-24(21)31(37)38/h1-17,26-29,34,42H,18H2,(H,35,36)(H,37,38)(H,39,40)/t26-,27+,28-,29+,34-/m0/s1. The lowest BCUT2D eigenvalue weighted by atomic mass is 9.65. The van der Waals surface area contributed by atoms with Crippen LogP contribution >= 0.6 is 0 Å². The summed E-state index contributed by atoms with van der Waals surface area (Å²) in [6.07, 6.45) is -2.87. The predicted molar refractivity (Wildman–Crippen MR) is 156 cm³/mol. The van der Waals surface area contributed by atoms with Crippen LogP contribution in [-0.2, 0) is 9.47 Å². The number of aliphatic hydroxyl groups is 1. The summed E-state index contributed by atoms with van der Waals surface area (Å²) in [5.41, 5.74) is 0.495. The Kier molecular flexibility index (Phi) is 8.84. The summed E-state index contributed by atoms with van der Waals surface area (Å²) in [6.45, 7) is -0.428. The molecule has 4 aromatic carbocycles. The molecule has 1 saturated heterocycles. The fourth-order valence-corrected chi connectivity index (χ4v) is 6.01. The first-order valence-corrected chi connectivity index (χ1v) is 13.7. The van der Waals surface area contributed by atoms with Crippen molar-refractivity contribution in [2.24, 2.45) is 0 Å². The van der Waals surface area contributed by atoms with Gasteiger partial charge in [-0.3, -0.25) is 0 Å². The number of hydrogen-bond donors (Lipinski definition) is 4. The van der Waals surface area contributed by atoms with Gasteiger partial charge in [0.25, 0.3) is 0 Å². The molecule has 0 unspecified atom stereocenters. The Morgan fingerprint density at radius 3 is 1.45 bits per heavy atom. The third-order valence-electron chi connectivity index (χ3n) is 7.83. The highest BCUT2D eigenvalue weighted by Gasteiger charge is 2.50. The van der Waals surface area contributed by atoms with Crippen LogP contribution in [0.15, 0.2) is 103 Å². The van der Waals surface area contributed by atoms with E-state index in [-0.39, 0.29) is 38.9 Å². The number of hydrogen-bond acceptors (Lipinski definition) is 7. The molecule has 0 aliphatic carbocycles. The van der Waals surface area contributed by atoms with Crippen molar-refractivity contribution in [1.29, 1.82) is 0 Å². The number of aromatic carboxylic acids is 3. The monoisotopic (exact) mass is 596 g/mol. The molecule has 5 rings (SSSR count). The summed E-state index contributed by atoms with van der Waals surface area (Å²) in [5, 5.41) is 41.9. The van der Waals surface area contributed by atoms with E-state index in [9.17, 15) is 39.6 Å². The zero-order chi connectivity index (χ0) is 31.4. The highest BCUT2D eigenvalue weighted by Crippen LogP contribution is 2.53. The fourth-order valence-electron chi connectivity index (χ4n) is 6.01. The van der Waals surface area contributed by atoms with Crippen molar-refractivity contribution in [3.05, 3.63) is 142 Å². The van der Waals surface area contributed by atoms with Gasteiger partial charge in [0.15, 0.2) is 6.29 Å².